The summed E-state index contributed by atoms with van der Waals surface area (Å²) in [5.74, 6) is 0. The normalized spacial score (nSPS) is 12.3. The van der Waals surface area contributed by atoms with Gasteiger partial charge in [0.05, 0.1) is 29.1 Å². The molecule has 8 nitrogen and oxygen atoms in total. The van der Waals surface area contributed by atoms with Gasteiger partial charge in [-0.2, -0.15) is 0 Å². The number of sulfonamides is 1. The third kappa shape index (κ3) is 4.91. The average molecular weight is 356 g/mol. The number of benzene rings is 1. The topological polar surface area (TPSA) is 107 Å². The van der Waals surface area contributed by atoms with Crippen LogP contribution in [0.5, 0.6) is 0 Å². The van der Waals surface area contributed by atoms with Crippen LogP contribution in [0.1, 0.15) is 13.8 Å². The van der Waals surface area contributed by atoms with E-state index in [0.717, 1.165) is 19.6 Å². The average Bonchev–Trinajstić information content (AvgIpc) is 2.93. The van der Waals surface area contributed by atoms with Gasteiger partial charge in [-0.15, -0.1) is 0 Å². The number of nitrogens with one attached hydrogen (secondary N) is 3. The fourth-order valence-corrected chi connectivity index (χ4v) is 3.38. The van der Waals surface area contributed by atoms with E-state index in [4.69, 9.17) is 4.74 Å². The Morgan fingerprint density at radius 1 is 1.12 bits per heavy atom. The Morgan fingerprint density at radius 3 is 2.54 bits per heavy atom. The van der Waals surface area contributed by atoms with E-state index in [9.17, 15) is 13.2 Å². The highest BCUT2D eigenvalue weighted by Gasteiger charge is 2.14. The molecule has 2 rings (SSSR count). The van der Waals surface area contributed by atoms with Crippen LogP contribution in [0.2, 0.25) is 0 Å². The van der Waals surface area contributed by atoms with Gasteiger partial charge in [-0.05, 0) is 31.3 Å². The Balaban J connectivity index is 1.83. The molecule has 0 bridgehead atoms. The molecule has 0 atom stereocenters. The SMILES string of the molecule is CCN(CC)CCOCCNS(=O)(=O)c1ccc2[nH]c(=O)[nH]c2c1. The van der Waals surface area contributed by atoms with Gasteiger partial charge in [0.25, 0.3) is 0 Å². The Kier molecular flexibility index (Phi) is 6.55. The van der Waals surface area contributed by atoms with Crippen molar-refractivity contribution in [2.45, 2.75) is 18.7 Å². The van der Waals surface area contributed by atoms with Gasteiger partial charge in [0.1, 0.15) is 0 Å². The Morgan fingerprint density at radius 2 is 1.83 bits per heavy atom. The first-order valence-corrected chi connectivity index (χ1v) is 9.46. The number of hydrogen-bond acceptors (Lipinski definition) is 5. The fraction of sp³-hybridized carbons (Fsp3) is 0.533. The molecule has 1 aromatic carbocycles. The summed E-state index contributed by atoms with van der Waals surface area (Å²) in [5, 5.41) is 0. The van der Waals surface area contributed by atoms with Crippen molar-refractivity contribution in [2.24, 2.45) is 0 Å². The van der Waals surface area contributed by atoms with Gasteiger partial charge in [-0.25, -0.2) is 17.9 Å². The Hall–Kier alpha value is -1.68. The molecule has 9 heteroatoms. The number of fused-ring (bicyclic) bond motifs is 1. The number of aromatic nitrogens is 2. The van der Waals surface area contributed by atoms with Crippen molar-refractivity contribution in [1.82, 2.24) is 19.6 Å². The van der Waals surface area contributed by atoms with E-state index in [-0.39, 0.29) is 17.1 Å². The maximum atomic E-state index is 12.2. The molecule has 2 aromatic rings. The smallest absolute Gasteiger partial charge is 0.323 e. The minimum absolute atomic E-state index is 0.105. The molecule has 0 unspecified atom stereocenters. The van der Waals surface area contributed by atoms with Gasteiger partial charge in [-0.1, -0.05) is 13.8 Å². The van der Waals surface area contributed by atoms with Gasteiger partial charge in [-0.3, -0.25) is 0 Å². The summed E-state index contributed by atoms with van der Waals surface area (Å²) >= 11 is 0. The molecule has 24 heavy (non-hydrogen) atoms. The van der Waals surface area contributed by atoms with Crippen molar-refractivity contribution in [3.8, 4) is 0 Å². The van der Waals surface area contributed by atoms with Crippen LogP contribution in [-0.2, 0) is 14.8 Å². The van der Waals surface area contributed by atoms with Gasteiger partial charge < -0.3 is 19.6 Å². The molecule has 3 N–H and O–H groups in total. The molecule has 1 aromatic heterocycles. The maximum absolute atomic E-state index is 12.2. The van der Waals surface area contributed by atoms with E-state index < -0.39 is 10.0 Å². The fourth-order valence-electron chi connectivity index (χ4n) is 2.35. The second-order valence-corrected chi connectivity index (χ2v) is 7.09. The van der Waals surface area contributed by atoms with Crippen LogP contribution in [0.25, 0.3) is 11.0 Å². The van der Waals surface area contributed by atoms with E-state index in [1.54, 1.807) is 6.07 Å². The monoisotopic (exact) mass is 356 g/mol. The van der Waals surface area contributed by atoms with Crippen LogP contribution in [0.3, 0.4) is 0 Å². The lowest BCUT2D eigenvalue weighted by atomic mass is 10.3. The Bertz CT molecular complexity index is 808. The molecule has 0 aliphatic heterocycles. The van der Waals surface area contributed by atoms with Crippen LogP contribution in [0, 0.1) is 0 Å². The summed E-state index contributed by atoms with van der Waals surface area (Å²) in [6, 6.07) is 4.44. The zero-order valence-electron chi connectivity index (χ0n) is 14.0. The highest BCUT2D eigenvalue weighted by Crippen LogP contribution is 2.14. The predicted molar refractivity (Wildman–Crippen MR) is 92.7 cm³/mol. The summed E-state index contributed by atoms with van der Waals surface area (Å²) < 4.78 is 32.4. The third-order valence-corrected chi connectivity index (χ3v) is 5.24. The van der Waals surface area contributed by atoms with Crippen molar-refractivity contribution >= 4 is 21.1 Å². The van der Waals surface area contributed by atoms with Crippen molar-refractivity contribution < 1.29 is 13.2 Å². The lowest BCUT2D eigenvalue weighted by Gasteiger charge is -2.17. The maximum Gasteiger partial charge on any atom is 0.323 e. The first-order chi connectivity index (χ1) is 11.5. The zero-order chi connectivity index (χ0) is 17.6. The summed E-state index contributed by atoms with van der Waals surface area (Å²) in [6.07, 6.45) is 0. The highest BCUT2D eigenvalue weighted by molar-refractivity contribution is 7.89. The molecule has 0 aliphatic carbocycles. The van der Waals surface area contributed by atoms with Gasteiger partial charge in [0.15, 0.2) is 0 Å². The molecule has 0 amide bonds. The van der Waals surface area contributed by atoms with Gasteiger partial charge in [0, 0.05) is 13.1 Å². The predicted octanol–water partition coefficient (Wildman–Crippen LogP) is 0.493. The van der Waals surface area contributed by atoms with Gasteiger partial charge in [0.2, 0.25) is 10.0 Å². The molecule has 0 aliphatic rings. The number of imidazole rings is 1. The highest BCUT2D eigenvalue weighted by atomic mass is 32.2. The number of likely N-dealkylation sites (N-methyl/N-ethyl adjacent to an activating group) is 1. The van der Waals surface area contributed by atoms with E-state index in [2.05, 4.69) is 33.4 Å². The number of H-pyrrole nitrogens is 2. The number of ether oxygens (including phenoxy) is 1. The molecule has 134 valence electrons. The van der Waals surface area contributed by atoms with Crippen LogP contribution in [0.15, 0.2) is 27.9 Å². The second kappa shape index (κ2) is 8.43. The van der Waals surface area contributed by atoms with Gasteiger partial charge >= 0.3 is 5.69 Å². The van der Waals surface area contributed by atoms with E-state index in [1.165, 1.54) is 12.1 Å². The first-order valence-electron chi connectivity index (χ1n) is 7.98. The standard InChI is InChI=1S/C15H24N4O4S/c1-3-19(4-2)8-10-23-9-7-16-24(21,22)12-5-6-13-14(11-12)18-15(20)17-13/h5-6,11,16H,3-4,7-10H2,1-2H3,(H2,17,18,20). The number of rotatable bonds is 10. The van der Waals surface area contributed by atoms with Crippen molar-refractivity contribution in [2.75, 3.05) is 39.4 Å². The molecule has 0 radical (unpaired) electrons. The summed E-state index contributed by atoms with van der Waals surface area (Å²) in [6.45, 7) is 8.02. The molecular weight excluding hydrogens is 332 g/mol. The first kappa shape index (κ1) is 18.7. The third-order valence-electron chi connectivity index (χ3n) is 3.78. The van der Waals surface area contributed by atoms with E-state index >= 15 is 0 Å². The number of hydrogen-bond donors (Lipinski definition) is 3. The van der Waals surface area contributed by atoms with E-state index in [0.29, 0.717) is 24.2 Å². The van der Waals surface area contributed by atoms with Crippen LogP contribution < -0.4 is 10.4 Å². The zero-order valence-corrected chi connectivity index (χ0v) is 14.8. The summed E-state index contributed by atoms with van der Waals surface area (Å²) in [7, 11) is -3.63. The Labute approximate surface area is 141 Å². The quantitative estimate of drug-likeness (QED) is 0.537. The van der Waals surface area contributed by atoms with E-state index in [1.807, 2.05) is 0 Å². The lowest BCUT2D eigenvalue weighted by molar-refractivity contribution is 0.111. The van der Waals surface area contributed by atoms with Crippen molar-refractivity contribution in [1.29, 1.82) is 0 Å². The molecule has 0 saturated carbocycles. The molecule has 0 fully saturated rings. The molecule has 1 heterocycles. The minimum Gasteiger partial charge on any atom is -0.379 e. The largest absolute Gasteiger partial charge is 0.379 e. The molecular formula is C15H24N4O4S. The summed E-state index contributed by atoms with van der Waals surface area (Å²) in [5.41, 5.74) is 0.658. The van der Waals surface area contributed by atoms with Crippen molar-refractivity contribution in [3.05, 3.63) is 28.7 Å². The van der Waals surface area contributed by atoms with Crippen LogP contribution in [-0.4, -0.2) is 62.7 Å². The number of nitrogens with zero attached hydrogens (tertiary/aromatic N) is 1. The summed E-state index contributed by atoms with van der Waals surface area (Å²) in [4.78, 5) is 18.7. The van der Waals surface area contributed by atoms with Crippen molar-refractivity contribution in [3.63, 3.8) is 0 Å². The van der Waals surface area contributed by atoms with Crippen LogP contribution in [0.4, 0.5) is 0 Å². The second-order valence-electron chi connectivity index (χ2n) is 5.32. The molecule has 0 spiro atoms. The van der Waals surface area contributed by atoms with Crippen LogP contribution >= 0.6 is 0 Å². The molecule has 0 saturated heterocycles. The lowest BCUT2D eigenvalue weighted by Crippen LogP contribution is -2.30. The minimum atomic E-state index is -3.63. The number of aromatic amines is 2.